The van der Waals surface area contributed by atoms with Gasteiger partial charge in [0.1, 0.15) is 0 Å². The smallest absolute Gasteiger partial charge is 0.0900 e. The maximum absolute atomic E-state index is 6.03. The summed E-state index contributed by atoms with van der Waals surface area (Å²) in [6.45, 7) is 9.95. The van der Waals surface area contributed by atoms with Crippen LogP contribution in [0.25, 0.3) is 0 Å². The van der Waals surface area contributed by atoms with Gasteiger partial charge in [-0.2, -0.15) is 0 Å². The van der Waals surface area contributed by atoms with E-state index in [-0.39, 0.29) is 0 Å². The average Bonchev–Trinajstić information content (AvgIpc) is 2.71. The minimum absolute atomic E-state index is 0.428. The van der Waals surface area contributed by atoms with Crippen molar-refractivity contribution in [3.05, 3.63) is 15.6 Å². The second-order valence-corrected chi connectivity index (χ2v) is 6.99. The first kappa shape index (κ1) is 14.9. The molecule has 1 heterocycles. The zero-order chi connectivity index (χ0) is 14.0. The summed E-state index contributed by atoms with van der Waals surface area (Å²) >= 11 is 1.85. The minimum Gasteiger partial charge on any atom is -0.328 e. The van der Waals surface area contributed by atoms with Gasteiger partial charge in [-0.15, -0.1) is 11.3 Å². The number of thiazole rings is 1. The van der Waals surface area contributed by atoms with Gasteiger partial charge in [0, 0.05) is 23.0 Å². The summed E-state index contributed by atoms with van der Waals surface area (Å²) in [4.78, 5) is 8.66. The summed E-state index contributed by atoms with van der Waals surface area (Å²) in [5.74, 6) is 0. The predicted molar refractivity (Wildman–Crippen MR) is 82.6 cm³/mol. The van der Waals surface area contributed by atoms with Crippen molar-refractivity contribution < 1.29 is 0 Å². The molecule has 0 amide bonds. The molecular formula is C15H27N3S. The Morgan fingerprint density at radius 2 is 1.95 bits per heavy atom. The van der Waals surface area contributed by atoms with Gasteiger partial charge >= 0.3 is 0 Å². The molecule has 1 atom stereocenters. The van der Waals surface area contributed by atoms with E-state index in [0.717, 1.165) is 6.54 Å². The quantitative estimate of drug-likeness (QED) is 0.919. The van der Waals surface area contributed by atoms with Gasteiger partial charge in [0.15, 0.2) is 0 Å². The standard InChI is InChI=1S/C15H27N3S/c1-5-18(14-8-6-13(16)7-9-14)11(3)15-10(2)17-12(4)19-15/h11,13-14H,5-9,16H2,1-4H3. The van der Waals surface area contributed by atoms with Gasteiger partial charge in [-0.3, -0.25) is 4.90 Å². The number of nitrogens with two attached hydrogens (primary N) is 1. The molecule has 3 nitrogen and oxygen atoms in total. The Kier molecular flexibility index (Phi) is 4.98. The molecule has 19 heavy (non-hydrogen) atoms. The molecule has 108 valence electrons. The molecular weight excluding hydrogens is 254 g/mol. The molecule has 1 aliphatic rings. The van der Waals surface area contributed by atoms with Crippen LogP contribution in [0.3, 0.4) is 0 Å². The third-order valence-electron chi connectivity index (χ3n) is 4.39. The molecule has 1 saturated carbocycles. The maximum atomic E-state index is 6.03. The number of nitrogens with zero attached hydrogens (tertiary/aromatic N) is 2. The first-order valence-corrected chi connectivity index (χ1v) is 8.29. The van der Waals surface area contributed by atoms with Crippen LogP contribution in [0.1, 0.15) is 61.2 Å². The third kappa shape index (κ3) is 3.36. The molecule has 1 aliphatic carbocycles. The predicted octanol–water partition coefficient (Wildman–Crippen LogP) is 3.41. The van der Waals surface area contributed by atoms with Crippen LogP contribution in [-0.2, 0) is 0 Å². The lowest BCUT2D eigenvalue weighted by molar-refractivity contribution is 0.115. The van der Waals surface area contributed by atoms with E-state index in [0.29, 0.717) is 18.1 Å². The van der Waals surface area contributed by atoms with E-state index in [9.17, 15) is 0 Å². The lowest BCUT2D eigenvalue weighted by Crippen LogP contribution is -2.42. The van der Waals surface area contributed by atoms with Crippen LogP contribution in [0.4, 0.5) is 0 Å². The van der Waals surface area contributed by atoms with Gasteiger partial charge < -0.3 is 5.73 Å². The van der Waals surface area contributed by atoms with Gasteiger partial charge in [-0.25, -0.2) is 4.98 Å². The fraction of sp³-hybridized carbons (Fsp3) is 0.800. The van der Waals surface area contributed by atoms with Crippen LogP contribution in [0.15, 0.2) is 0 Å². The Morgan fingerprint density at radius 1 is 1.32 bits per heavy atom. The van der Waals surface area contributed by atoms with E-state index in [2.05, 4.69) is 37.6 Å². The molecule has 1 unspecified atom stereocenters. The van der Waals surface area contributed by atoms with E-state index in [1.54, 1.807) is 0 Å². The molecule has 0 saturated heterocycles. The average molecular weight is 281 g/mol. The van der Waals surface area contributed by atoms with Crippen LogP contribution in [-0.4, -0.2) is 28.5 Å². The molecule has 2 rings (SSSR count). The van der Waals surface area contributed by atoms with Crippen LogP contribution >= 0.6 is 11.3 Å². The summed E-state index contributed by atoms with van der Waals surface area (Å²) in [5, 5.41) is 1.18. The highest BCUT2D eigenvalue weighted by atomic mass is 32.1. The van der Waals surface area contributed by atoms with E-state index < -0.39 is 0 Å². The van der Waals surface area contributed by atoms with Crippen molar-refractivity contribution in [2.45, 2.75) is 71.5 Å². The van der Waals surface area contributed by atoms with E-state index in [1.807, 2.05) is 11.3 Å². The molecule has 0 radical (unpaired) electrons. The molecule has 0 aliphatic heterocycles. The third-order valence-corrected chi connectivity index (χ3v) is 5.63. The summed E-state index contributed by atoms with van der Waals surface area (Å²) in [6, 6.07) is 1.61. The molecule has 1 aromatic heterocycles. The van der Waals surface area contributed by atoms with Crippen LogP contribution < -0.4 is 5.73 Å². The number of rotatable bonds is 4. The fourth-order valence-electron chi connectivity index (χ4n) is 3.37. The van der Waals surface area contributed by atoms with Crippen molar-refractivity contribution in [2.75, 3.05) is 6.54 Å². The van der Waals surface area contributed by atoms with E-state index in [1.165, 1.54) is 41.3 Å². The molecule has 0 bridgehead atoms. The summed E-state index contributed by atoms with van der Waals surface area (Å²) < 4.78 is 0. The molecule has 0 spiro atoms. The van der Waals surface area contributed by atoms with Gasteiger partial charge in [0.05, 0.1) is 10.7 Å². The van der Waals surface area contributed by atoms with Gasteiger partial charge in [0.25, 0.3) is 0 Å². The Morgan fingerprint density at radius 3 is 2.42 bits per heavy atom. The lowest BCUT2D eigenvalue weighted by atomic mass is 9.90. The molecule has 1 fully saturated rings. The number of hydrogen-bond donors (Lipinski definition) is 1. The number of aromatic nitrogens is 1. The second-order valence-electron chi connectivity index (χ2n) is 5.76. The molecule has 1 aromatic rings. The second kappa shape index (κ2) is 6.33. The lowest BCUT2D eigenvalue weighted by Gasteiger charge is -2.39. The highest BCUT2D eigenvalue weighted by molar-refractivity contribution is 7.11. The monoisotopic (exact) mass is 281 g/mol. The fourth-order valence-corrected chi connectivity index (χ4v) is 4.37. The Labute approximate surface area is 121 Å². The topological polar surface area (TPSA) is 42.1 Å². The Hall–Kier alpha value is -0.450. The summed E-state index contributed by atoms with van der Waals surface area (Å²) in [6.07, 6.45) is 4.84. The maximum Gasteiger partial charge on any atom is 0.0900 e. The van der Waals surface area contributed by atoms with Gasteiger partial charge in [-0.05, 0) is 53.0 Å². The molecule has 0 aromatic carbocycles. The first-order valence-electron chi connectivity index (χ1n) is 7.48. The van der Waals surface area contributed by atoms with Crippen molar-refractivity contribution in [3.63, 3.8) is 0 Å². The zero-order valence-electron chi connectivity index (χ0n) is 12.6. The van der Waals surface area contributed by atoms with Gasteiger partial charge in [0.2, 0.25) is 0 Å². The zero-order valence-corrected chi connectivity index (χ0v) is 13.5. The van der Waals surface area contributed by atoms with E-state index >= 15 is 0 Å². The largest absolute Gasteiger partial charge is 0.328 e. The Bertz CT molecular complexity index is 408. The van der Waals surface area contributed by atoms with Crippen LogP contribution in [0, 0.1) is 13.8 Å². The van der Waals surface area contributed by atoms with Crippen LogP contribution in [0.2, 0.25) is 0 Å². The van der Waals surface area contributed by atoms with Crippen molar-refractivity contribution in [1.82, 2.24) is 9.88 Å². The highest BCUT2D eigenvalue weighted by Gasteiger charge is 2.28. The SMILES string of the molecule is CCN(C1CCC(N)CC1)C(C)c1sc(C)nc1C. The molecule has 4 heteroatoms. The number of aryl methyl sites for hydroxylation is 2. The van der Waals surface area contributed by atoms with Gasteiger partial charge in [-0.1, -0.05) is 6.92 Å². The van der Waals surface area contributed by atoms with Crippen molar-refractivity contribution in [1.29, 1.82) is 0 Å². The number of hydrogen-bond acceptors (Lipinski definition) is 4. The van der Waals surface area contributed by atoms with Crippen molar-refractivity contribution in [2.24, 2.45) is 5.73 Å². The minimum atomic E-state index is 0.428. The normalized spacial score (nSPS) is 25.8. The summed E-state index contributed by atoms with van der Waals surface area (Å²) in [5.41, 5.74) is 7.24. The summed E-state index contributed by atoms with van der Waals surface area (Å²) in [7, 11) is 0. The molecule has 2 N–H and O–H groups in total. The van der Waals surface area contributed by atoms with Crippen molar-refractivity contribution in [3.8, 4) is 0 Å². The first-order chi connectivity index (χ1) is 9.02. The Balaban J connectivity index is 2.10. The van der Waals surface area contributed by atoms with E-state index in [4.69, 9.17) is 5.73 Å². The van der Waals surface area contributed by atoms with Crippen LogP contribution in [0.5, 0.6) is 0 Å². The van der Waals surface area contributed by atoms with Crippen molar-refractivity contribution >= 4 is 11.3 Å². The highest BCUT2D eigenvalue weighted by Crippen LogP contribution is 2.33.